The van der Waals surface area contributed by atoms with Gasteiger partial charge in [-0.15, -0.1) is 0 Å². The van der Waals surface area contributed by atoms with E-state index in [4.69, 9.17) is 0 Å². The van der Waals surface area contributed by atoms with Gasteiger partial charge < -0.3 is 15.0 Å². The highest BCUT2D eigenvalue weighted by atomic mass is 16.4. The Morgan fingerprint density at radius 3 is 2.76 bits per heavy atom. The van der Waals surface area contributed by atoms with Crippen molar-refractivity contribution in [1.82, 2.24) is 14.9 Å². The minimum atomic E-state index is -0.848. The van der Waals surface area contributed by atoms with Crippen LogP contribution >= 0.6 is 0 Å². The molecule has 0 aliphatic heterocycles. The molecule has 0 bridgehead atoms. The number of aliphatic carboxylic acids is 1. The fraction of sp³-hybridized carbons (Fsp3) is 0.667. The molecular formula is C15H23N3O3. The quantitative estimate of drug-likeness (QED) is 0.747. The second-order valence-electron chi connectivity index (χ2n) is 5.93. The number of imidazole rings is 1. The van der Waals surface area contributed by atoms with Gasteiger partial charge in [0.25, 0.3) is 0 Å². The topological polar surface area (TPSA) is 84.2 Å². The SMILES string of the molecule is CC1CC(C(=O)O)C(C(=O)NCCCCn2ccnc2)C1. The Labute approximate surface area is 124 Å². The summed E-state index contributed by atoms with van der Waals surface area (Å²) in [5, 5.41) is 12.1. The fourth-order valence-corrected chi connectivity index (χ4v) is 3.04. The van der Waals surface area contributed by atoms with Crippen LogP contribution in [0.3, 0.4) is 0 Å². The molecule has 1 aliphatic carbocycles. The summed E-state index contributed by atoms with van der Waals surface area (Å²) in [6.45, 7) is 3.49. The van der Waals surface area contributed by atoms with Crippen molar-refractivity contribution in [3.8, 4) is 0 Å². The van der Waals surface area contributed by atoms with Gasteiger partial charge in [-0.25, -0.2) is 4.98 Å². The highest BCUT2D eigenvalue weighted by Crippen LogP contribution is 2.36. The standard InChI is InChI=1S/C15H23N3O3/c1-11-8-12(13(9-11)15(20)21)14(19)17-4-2-3-6-18-7-5-16-10-18/h5,7,10-13H,2-4,6,8-9H2,1H3,(H,17,19)(H,20,21). The van der Waals surface area contributed by atoms with Crippen LogP contribution in [-0.2, 0) is 16.1 Å². The normalized spacial score (nSPS) is 24.9. The van der Waals surface area contributed by atoms with E-state index in [2.05, 4.69) is 10.3 Å². The number of hydrogen-bond acceptors (Lipinski definition) is 3. The highest BCUT2D eigenvalue weighted by Gasteiger charge is 2.40. The van der Waals surface area contributed by atoms with Crippen LogP contribution in [0, 0.1) is 17.8 Å². The van der Waals surface area contributed by atoms with Crippen LogP contribution in [0.4, 0.5) is 0 Å². The summed E-state index contributed by atoms with van der Waals surface area (Å²) in [4.78, 5) is 27.3. The lowest BCUT2D eigenvalue weighted by Gasteiger charge is -2.15. The molecule has 1 saturated carbocycles. The van der Waals surface area contributed by atoms with Crippen LogP contribution in [0.1, 0.15) is 32.6 Å². The zero-order valence-corrected chi connectivity index (χ0v) is 12.4. The average molecular weight is 293 g/mol. The number of amides is 1. The highest BCUT2D eigenvalue weighted by molar-refractivity contribution is 5.85. The van der Waals surface area contributed by atoms with Crippen molar-refractivity contribution in [1.29, 1.82) is 0 Å². The van der Waals surface area contributed by atoms with Crippen molar-refractivity contribution in [3.63, 3.8) is 0 Å². The van der Waals surface area contributed by atoms with Gasteiger partial charge in [0.05, 0.1) is 18.2 Å². The predicted molar refractivity (Wildman–Crippen MR) is 77.5 cm³/mol. The summed E-state index contributed by atoms with van der Waals surface area (Å²) in [5.74, 6) is -1.53. The van der Waals surface area contributed by atoms with Gasteiger partial charge in [-0.1, -0.05) is 6.92 Å². The summed E-state index contributed by atoms with van der Waals surface area (Å²) in [7, 11) is 0. The summed E-state index contributed by atoms with van der Waals surface area (Å²) in [6, 6.07) is 0. The monoisotopic (exact) mass is 293 g/mol. The van der Waals surface area contributed by atoms with E-state index in [0.29, 0.717) is 25.3 Å². The third kappa shape index (κ3) is 4.31. The van der Waals surface area contributed by atoms with E-state index in [1.165, 1.54) is 0 Å². The molecule has 6 heteroatoms. The van der Waals surface area contributed by atoms with Gasteiger partial charge in [-0.2, -0.15) is 0 Å². The fourth-order valence-electron chi connectivity index (χ4n) is 3.04. The largest absolute Gasteiger partial charge is 0.481 e. The Morgan fingerprint density at radius 1 is 1.33 bits per heavy atom. The molecule has 0 spiro atoms. The van der Waals surface area contributed by atoms with Crippen molar-refractivity contribution in [2.45, 2.75) is 39.2 Å². The maximum atomic E-state index is 12.1. The minimum Gasteiger partial charge on any atom is -0.481 e. The Bertz CT molecular complexity index is 473. The van der Waals surface area contributed by atoms with Gasteiger partial charge in [0.15, 0.2) is 0 Å². The Hall–Kier alpha value is -1.85. The Kier molecular flexibility index (Phi) is 5.36. The van der Waals surface area contributed by atoms with Crippen molar-refractivity contribution < 1.29 is 14.7 Å². The number of carbonyl (C=O) groups is 2. The summed E-state index contributed by atoms with van der Waals surface area (Å²) < 4.78 is 2.00. The predicted octanol–water partition coefficient (Wildman–Crippen LogP) is 1.53. The van der Waals surface area contributed by atoms with Crippen LogP contribution in [0.5, 0.6) is 0 Å². The van der Waals surface area contributed by atoms with Gasteiger partial charge in [0.1, 0.15) is 0 Å². The molecule has 1 amide bonds. The number of nitrogens with one attached hydrogen (secondary N) is 1. The number of hydrogen-bond donors (Lipinski definition) is 2. The molecule has 1 aromatic heterocycles. The number of rotatable bonds is 7. The van der Waals surface area contributed by atoms with Crippen LogP contribution in [-0.4, -0.2) is 33.1 Å². The third-order valence-corrected chi connectivity index (χ3v) is 4.15. The first-order valence-electron chi connectivity index (χ1n) is 7.54. The van der Waals surface area contributed by atoms with Crippen molar-refractivity contribution in [2.75, 3.05) is 6.54 Å². The van der Waals surface area contributed by atoms with Crippen LogP contribution in [0.2, 0.25) is 0 Å². The molecule has 1 aliphatic rings. The molecular weight excluding hydrogens is 270 g/mol. The van der Waals surface area contributed by atoms with E-state index in [0.717, 1.165) is 19.4 Å². The molecule has 3 unspecified atom stereocenters. The molecule has 2 N–H and O–H groups in total. The van der Waals surface area contributed by atoms with E-state index in [-0.39, 0.29) is 11.8 Å². The number of nitrogens with zero attached hydrogens (tertiary/aromatic N) is 2. The number of carboxylic acid groups (broad SMARTS) is 1. The van der Waals surface area contributed by atoms with E-state index < -0.39 is 11.9 Å². The van der Waals surface area contributed by atoms with E-state index in [9.17, 15) is 14.7 Å². The van der Waals surface area contributed by atoms with E-state index in [1.807, 2.05) is 17.7 Å². The molecule has 1 heterocycles. The molecule has 1 fully saturated rings. The summed E-state index contributed by atoms with van der Waals surface area (Å²) >= 11 is 0. The molecule has 21 heavy (non-hydrogen) atoms. The summed E-state index contributed by atoms with van der Waals surface area (Å²) in [6.07, 6.45) is 8.55. The maximum Gasteiger partial charge on any atom is 0.307 e. The summed E-state index contributed by atoms with van der Waals surface area (Å²) in [5.41, 5.74) is 0. The lowest BCUT2D eigenvalue weighted by Crippen LogP contribution is -2.35. The molecule has 3 atom stereocenters. The van der Waals surface area contributed by atoms with Gasteiger partial charge in [-0.3, -0.25) is 9.59 Å². The number of carbonyl (C=O) groups excluding carboxylic acids is 1. The molecule has 0 aromatic carbocycles. The Morgan fingerprint density at radius 2 is 2.10 bits per heavy atom. The number of aryl methyl sites for hydroxylation is 1. The first-order valence-corrected chi connectivity index (χ1v) is 7.54. The zero-order valence-electron chi connectivity index (χ0n) is 12.4. The number of aromatic nitrogens is 2. The minimum absolute atomic E-state index is 0.102. The molecule has 0 saturated heterocycles. The van der Waals surface area contributed by atoms with Crippen molar-refractivity contribution in [2.24, 2.45) is 17.8 Å². The number of carboxylic acids is 1. The van der Waals surface area contributed by atoms with Gasteiger partial charge in [-0.05, 0) is 31.6 Å². The first kappa shape index (κ1) is 15.5. The third-order valence-electron chi connectivity index (χ3n) is 4.15. The van der Waals surface area contributed by atoms with E-state index >= 15 is 0 Å². The molecule has 0 radical (unpaired) electrons. The van der Waals surface area contributed by atoms with Gasteiger partial charge in [0.2, 0.25) is 5.91 Å². The lowest BCUT2D eigenvalue weighted by atomic mass is 9.95. The maximum absolute atomic E-state index is 12.1. The zero-order chi connectivity index (χ0) is 15.2. The average Bonchev–Trinajstić information content (AvgIpc) is 3.07. The van der Waals surface area contributed by atoms with Crippen LogP contribution < -0.4 is 5.32 Å². The molecule has 116 valence electrons. The van der Waals surface area contributed by atoms with Crippen LogP contribution in [0.15, 0.2) is 18.7 Å². The second-order valence-corrected chi connectivity index (χ2v) is 5.93. The van der Waals surface area contributed by atoms with Gasteiger partial charge >= 0.3 is 5.97 Å². The Balaban J connectivity index is 1.68. The second kappa shape index (κ2) is 7.24. The number of unbranched alkanes of at least 4 members (excludes halogenated alkanes) is 1. The van der Waals surface area contributed by atoms with Crippen molar-refractivity contribution in [3.05, 3.63) is 18.7 Å². The van der Waals surface area contributed by atoms with E-state index in [1.54, 1.807) is 12.5 Å². The van der Waals surface area contributed by atoms with Crippen molar-refractivity contribution >= 4 is 11.9 Å². The smallest absolute Gasteiger partial charge is 0.307 e. The lowest BCUT2D eigenvalue weighted by molar-refractivity contribution is -0.146. The molecule has 1 aromatic rings. The van der Waals surface area contributed by atoms with Gasteiger partial charge in [0, 0.05) is 25.5 Å². The molecule has 6 nitrogen and oxygen atoms in total. The first-order chi connectivity index (χ1) is 10.1. The van der Waals surface area contributed by atoms with Crippen LogP contribution in [0.25, 0.3) is 0 Å². The molecule has 2 rings (SSSR count).